The van der Waals surface area contributed by atoms with E-state index in [0.29, 0.717) is 6.04 Å². The molecule has 1 aromatic carbocycles. The standard InChI is InChI=1S/C14H20BrN3O2/c1-20-13-8-11(15)3-2-10(13)9-17-12-4-6-18(7-5-12)14(16)19/h2-3,8,12,17H,4-7,9H2,1H3,(H2,16,19). The molecule has 0 aliphatic carbocycles. The summed E-state index contributed by atoms with van der Waals surface area (Å²) in [7, 11) is 1.68. The number of amides is 2. The largest absolute Gasteiger partial charge is 0.496 e. The van der Waals surface area contributed by atoms with Gasteiger partial charge in [0.2, 0.25) is 0 Å². The number of carbonyl (C=O) groups is 1. The third-order valence-corrected chi connectivity index (χ3v) is 4.13. The van der Waals surface area contributed by atoms with Crippen molar-refractivity contribution in [1.82, 2.24) is 10.2 Å². The Morgan fingerprint density at radius 2 is 2.20 bits per heavy atom. The van der Waals surface area contributed by atoms with Gasteiger partial charge in [-0.25, -0.2) is 4.79 Å². The van der Waals surface area contributed by atoms with E-state index in [1.54, 1.807) is 12.0 Å². The van der Waals surface area contributed by atoms with Gasteiger partial charge in [-0.05, 0) is 25.0 Å². The van der Waals surface area contributed by atoms with E-state index in [-0.39, 0.29) is 6.03 Å². The highest BCUT2D eigenvalue weighted by Crippen LogP contribution is 2.23. The predicted molar refractivity (Wildman–Crippen MR) is 81.7 cm³/mol. The van der Waals surface area contributed by atoms with Gasteiger partial charge in [-0.15, -0.1) is 0 Å². The number of carbonyl (C=O) groups excluding carboxylic acids is 1. The summed E-state index contributed by atoms with van der Waals surface area (Å²) in [6, 6.07) is 6.12. The van der Waals surface area contributed by atoms with Crippen LogP contribution in [0.2, 0.25) is 0 Å². The third-order valence-electron chi connectivity index (χ3n) is 3.64. The van der Waals surface area contributed by atoms with E-state index < -0.39 is 0 Å². The van der Waals surface area contributed by atoms with Crippen LogP contribution in [0.5, 0.6) is 5.75 Å². The zero-order valence-corrected chi connectivity index (χ0v) is 13.1. The van der Waals surface area contributed by atoms with Crippen LogP contribution in [0.15, 0.2) is 22.7 Å². The molecule has 20 heavy (non-hydrogen) atoms. The smallest absolute Gasteiger partial charge is 0.314 e. The first-order chi connectivity index (χ1) is 9.60. The zero-order chi connectivity index (χ0) is 14.5. The van der Waals surface area contributed by atoms with Crippen molar-refractivity contribution in [2.24, 2.45) is 5.73 Å². The van der Waals surface area contributed by atoms with Gasteiger partial charge in [-0.3, -0.25) is 0 Å². The van der Waals surface area contributed by atoms with Gasteiger partial charge in [0.25, 0.3) is 0 Å². The van der Waals surface area contributed by atoms with Gasteiger partial charge < -0.3 is 20.7 Å². The van der Waals surface area contributed by atoms with Crippen LogP contribution in [0.3, 0.4) is 0 Å². The number of nitrogens with one attached hydrogen (secondary N) is 1. The lowest BCUT2D eigenvalue weighted by molar-refractivity contribution is 0.185. The molecular formula is C14H20BrN3O2. The molecule has 0 aromatic heterocycles. The fourth-order valence-corrected chi connectivity index (χ4v) is 2.76. The first kappa shape index (κ1) is 15.1. The number of likely N-dealkylation sites (tertiary alicyclic amines) is 1. The van der Waals surface area contributed by atoms with Crippen molar-refractivity contribution in [3.8, 4) is 5.75 Å². The average Bonchev–Trinajstić information content (AvgIpc) is 2.46. The molecule has 0 spiro atoms. The van der Waals surface area contributed by atoms with Crippen LogP contribution in [0.1, 0.15) is 18.4 Å². The lowest BCUT2D eigenvalue weighted by atomic mass is 10.0. The molecule has 1 aromatic rings. The number of halogens is 1. The van der Waals surface area contributed by atoms with E-state index >= 15 is 0 Å². The lowest BCUT2D eigenvalue weighted by Gasteiger charge is -2.31. The van der Waals surface area contributed by atoms with Crippen molar-refractivity contribution in [3.05, 3.63) is 28.2 Å². The number of ether oxygens (including phenoxy) is 1. The highest BCUT2D eigenvalue weighted by Gasteiger charge is 2.20. The summed E-state index contributed by atoms with van der Waals surface area (Å²) < 4.78 is 6.38. The molecule has 5 nitrogen and oxygen atoms in total. The van der Waals surface area contributed by atoms with E-state index in [1.165, 1.54) is 0 Å². The molecule has 1 saturated heterocycles. The highest BCUT2D eigenvalue weighted by molar-refractivity contribution is 9.10. The van der Waals surface area contributed by atoms with Gasteiger partial charge in [0.1, 0.15) is 5.75 Å². The number of methoxy groups -OCH3 is 1. The first-order valence-corrected chi connectivity index (χ1v) is 7.49. The van der Waals surface area contributed by atoms with Crippen LogP contribution < -0.4 is 15.8 Å². The Bertz CT molecular complexity index is 473. The molecule has 0 saturated carbocycles. The molecule has 6 heteroatoms. The van der Waals surface area contributed by atoms with Crippen molar-refractivity contribution < 1.29 is 9.53 Å². The molecule has 2 amide bonds. The molecule has 2 rings (SSSR count). The first-order valence-electron chi connectivity index (χ1n) is 6.70. The summed E-state index contributed by atoms with van der Waals surface area (Å²) in [5.74, 6) is 0.876. The molecule has 0 bridgehead atoms. The molecule has 1 heterocycles. The Kier molecular flexibility index (Phi) is 5.25. The van der Waals surface area contributed by atoms with Crippen LogP contribution in [0.4, 0.5) is 4.79 Å². The molecule has 1 fully saturated rings. The van der Waals surface area contributed by atoms with Crippen LogP contribution in [-0.2, 0) is 6.54 Å². The van der Waals surface area contributed by atoms with Crippen molar-refractivity contribution in [3.63, 3.8) is 0 Å². The summed E-state index contributed by atoms with van der Waals surface area (Å²) >= 11 is 3.44. The molecule has 1 aliphatic rings. The Labute approximate surface area is 127 Å². The number of primary amides is 1. The summed E-state index contributed by atoms with van der Waals surface area (Å²) in [4.78, 5) is 12.8. The minimum atomic E-state index is -0.321. The summed E-state index contributed by atoms with van der Waals surface area (Å²) in [5.41, 5.74) is 6.41. The minimum absolute atomic E-state index is 0.321. The van der Waals surface area contributed by atoms with Crippen LogP contribution in [-0.4, -0.2) is 37.2 Å². The van der Waals surface area contributed by atoms with Crippen molar-refractivity contribution in [2.45, 2.75) is 25.4 Å². The van der Waals surface area contributed by atoms with E-state index in [0.717, 1.165) is 48.3 Å². The Hall–Kier alpha value is -1.27. The second-order valence-corrected chi connectivity index (χ2v) is 5.85. The fourth-order valence-electron chi connectivity index (χ4n) is 2.42. The number of nitrogens with two attached hydrogens (primary N) is 1. The average molecular weight is 342 g/mol. The van der Waals surface area contributed by atoms with Gasteiger partial charge in [-0.1, -0.05) is 22.0 Å². The molecule has 1 aliphatic heterocycles. The number of urea groups is 1. The second kappa shape index (κ2) is 6.95. The predicted octanol–water partition coefficient (Wildman–Crippen LogP) is 2.09. The Morgan fingerprint density at radius 3 is 2.80 bits per heavy atom. The van der Waals surface area contributed by atoms with Gasteiger partial charge >= 0.3 is 6.03 Å². The maximum absolute atomic E-state index is 11.1. The number of piperidine rings is 1. The van der Waals surface area contributed by atoms with E-state index in [9.17, 15) is 4.79 Å². The van der Waals surface area contributed by atoms with E-state index in [2.05, 4.69) is 27.3 Å². The Balaban J connectivity index is 1.86. The number of nitrogens with zero attached hydrogens (tertiary/aromatic N) is 1. The maximum Gasteiger partial charge on any atom is 0.314 e. The van der Waals surface area contributed by atoms with Gasteiger partial charge in [0.15, 0.2) is 0 Å². The maximum atomic E-state index is 11.1. The zero-order valence-electron chi connectivity index (χ0n) is 11.6. The van der Waals surface area contributed by atoms with Crippen molar-refractivity contribution >= 4 is 22.0 Å². The fraction of sp³-hybridized carbons (Fsp3) is 0.500. The highest BCUT2D eigenvalue weighted by atomic mass is 79.9. The van der Waals surface area contributed by atoms with Crippen LogP contribution in [0, 0.1) is 0 Å². The minimum Gasteiger partial charge on any atom is -0.496 e. The molecule has 0 radical (unpaired) electrons. The molecule has 0 atom stereocenters. The summed E-state index contributed by atoms with van der Waals surface area (Å²) in [6.07, 6.45) is 1.86. The Morgan fingerprint density at radius 1 is 1.50 bits per heavy atom. The number of hydrogen-bond acceptors (Lipinski definition) is 3. The van der Waals surface area contributed by atoms with Gasteiger partial charge in [0, 0.05) is 35.7 Å². The van der Waals surface area contributed by atoms with E-state index in [4.69, 9.17) is 10.5 Å². The van der Waals surface area contributed by atoms with E-state index in [1.807, 2.05) is 12.1 Å². The van der Waals surface area contributed by atoms with Gasteiger partial charge in [0.05, 0.1) is 7.11 Å². The number of benzene rings is 1. The van der Waals surface area contributed by atoms with Gasteiger partial charge in [-0.2, -0.15) is 0 Å². The second-order valence-electron chi connectivity index (χ2n) is 4.94. The molecule has 0 unspecified atom stereocenters. The molecular weight excluding hydrogens is 322 g/mol. The SMILES string of the molecule is COc1cc(Br)ccc1CNC1CCN(C(N)=O)CC1. The summed E-state index contributed by atoms with van der Waals surface area (Å²) in [5, 5.41) is 3.52. The monoisotopic (exact) mass is 341 g/mol. The lowest BCUT2D eigenvalue weighted by Crippen LogP contribution is -2.46. The quantitative estimate of drug-likeness (QED) is 0.881. The van der Waals surface area contributed by atoms with Crippen molar-refractivity contribution in [2.75, 3.05) is 20.2 Å². The normalized spacial score (nSPS) is 16.2. The topological polar surface area (TPSA) is 67.6 Å². The third kappa shape index (κ3) is 3.86. The number of rotatable bonds is 4. The van der Waals surface area contributed by atoms with Crippen LogP contribution >= 0.6 is 15.9 Å². The summed E-state index contributed by atoms with van der Waals surface area (Å²) in [6.45, 7) is 2.21. The molecule has 3 N–H and O–H groups in total. The van der Waals surface area contributed by atoms with Crippen LogP contribution in [0.25, 0.3) is 0 Å². The van der Waals surface area contributed by atoms with Crippen molar-refractivity contribution in [1.29, 1.82) is 0 Å². The number of hydrogen-bond donors (Lipinski definition) is 2. The molecule has 110 valence electrons.